The van der Waals surface area contributed by atoms with Crippen LogP contribution in [0.25, 0.3) is 0 Å². The van der Waals surface area contributed by atoms with Crippen LogP contribution in [0, 0.1) is 5.92 Å². The Morgan fingerprint density at radius 1 is 1.11 bits per heavy atom. The second kappa shape index (κ2) is 8.46. The molecule has 0 amide bonds. The Kier molecular flexibility index (Phi) is 6.04. The molecule has 0 spiro atoms. The fourth-order valence-corrected chi connectivity index (χ4v) is 6.58. The van der Waals surface area contributed by atoms with Gasteiger partial charge in [0, 0.05) is 6.42 Å². The first-order valence-electron chi connectivity index (χ1n) is 9.33. The third kappa shape index (κ3) is 4.10. The molecule has 0 fully saturated rings. The highest BCUT2D eigenvalue weighted by Crippen LogP contribution is 2.27. The van der Waals surface area contributed by atoms with E-state index in [9.17, 15) is 4.79 Å². The summed E-state index contributed by atoms with van der Waals surface area (Å²) in [6, 6.07) is 20.6. The molecule has 0 aromatic heterocycles. The Bertz CT molecular complexity index is 813. The lowest BCUT2D eigenvalue weighted by Crippen LogP contribution is -2.59. The van der Waals surface area contributed by atoms with E-state index < -0.39 is 8.32 Å². The molecule has 2 aromatic rings. The van der Waals surface area contributed by atoms with Crippen molar-refractivity contribution in [3.05, 3.63) is 96.7 Å². The maximum Gasteiger partial charge on any atom is 0.280 e. The van der Waals surface area contributed by atoms with Gasteiger partial charge < -0.3 is 4.43 Å². The molecule has 1 atom stereocenters. The summed E-state index contributed by atoms with van der Waals surface area (Å²) >= 11 is 0. The zero-order chi connectivity index (χ0) is 19.3. The molecule has 0 aliphatic heterocycles. The fraction of sp³-hybridized carbons (Fsp3) is 0.208. The SMILES string of the molecule is C=C[Si](OCC(=C)C1CC=C(C)C(=O)C1)(c1ccccc1)c1ccccc1. The van der Waals surface area contributed by atoms with Crippen molar-refractivity contribution >= 4 is 24.5 Å². The Hall–Kier alpha value is -2.49. The highest BCUT2D eigenvalue weighted by atomic mass is 28.4. The van der Waals surface area contributed by atoms with Gasteiger partial charge in [0.25, 0.3) is 8.32 Å². The number of Topliss-reactive ketones (excluding diaryl/α,β-unsaturated/α-hetero) is 1. The summed E-state index contributed by atoms with van der Waals surface area (Å²) in [5.41, 5.74) is 3.84. The molecule has 0 saturated heterocycles. The zero-order valence-corrected chi connectivity index (χ0v) is 16.9. The van der Waals surface area contributed by atoms with Crippen LogP contribution in [0.5, 0.6) is 0 Å². The maximum atomic E-state index is 12.1. The molecule has 0 heterocycles. The smallest absolute Gasteiger partial charge is 0.280 e. The van der Waals surface area contributed by atoms with Crippen LogP contribution in [-0.4, -0.2) is 20.7 Å². The molecule has 1 unspecified atom stereocenters. The second-order valence-corrected chi connectivity index (χ2v) is 10.4. The van der Waals surface area contributed by atoms with Crippen LogP contribution in [0.2, 0.25) is 0 Å². The van der Waals surface area contributed by atoms with Gasteiger partial charge in [0.05, 0.1) is 6.61 Å². The Morgan fingerprint density at radius 3 is 2.15 bits per heavy atom. The first-order valence-corrected chi connectivity index (χ1v) is 11.3. The lowest BCUT2D eigenvalue weighted by molar-refractivity contribution is -0.116. The van der Waals surface area contributed by atoms with Gasteiger partial charge in [0.2, 0.25) is 0 Å². The first kappa shape index (κ1) is 19.3. The van der Waals surface area contributed by atoms with Gasteiger partial charge in [-0.1, -0.05) is 79.0 Å². The number of hydrogen-bond donors (Lipinski definition) is 0. The Balaban J connectivity index is 1.86. The second-order valence-electron chi connectivity index (χ2n) is 7.07. The Labute approximate surface area is 163 Å². The first-order chi connectivity index (χ1) is 13.1. The number of rotatable bonds is 7. The summed E-state index contributed by atoms with van der Waals surface area (Å²) in [4.78, 5) is 12.1. The van der Waals surface area contributed by atoms with Crippen molar-refractivity contribution in [2.24, 2.45) is 5.92 Å². The van der Waals surface area contributed by atoms with E-state index in [1.54, 1.807) is 0 Å². The van der Waals surface area contributed by atoms with Crippen LogP contribution in [0.15, 0.2) is 96.7 Å². The molecule has 3 heteroatoms. The van der Waals surface area contributed by atoms with Crippen LogP contribution < -0.4 is 10.4 Å². The average Bonchev–Trinajstić information content (AvgIpc) is 2.72. The van der Waals surface area contributed by atoms with E-state index in [4.69, 9.17) is 4.43 Å². The van der Waals surface area contributed by atoms with Crippen LogP contribution in [0.1, 0.15) is 19.8 Å². The summed E-state index contributed by atoms with van der Waals surface area (Å²) in [6.45, 7) is 10.7. The van der Waals surface area contributed by atoms with Crippen molar-refractivity contribution in [3.8, 4) is 0 Å². The highest BCUT2D eigenvalue weighted by Gasteiger charge is 2.37. The number of hydrogen-bond acceptors (Lipinski definition) is 2. The predicted molar refractivity (Wildman–Crippen MR) is 115 cm³/mol. The van der Waals surface area contributed by atoms with Gasteiger partial charge in [0.1, 0.15) is 0 Å². The molecule has 0 N–H and O–H groups in total. The number of allylic oxidation sites excluding steroid dienone is 2. The van der Waals surface area contributed by atoms with E-state index in [-0.39, 0.29) is 11.7 Å². The van der Waals surface area contributed by atoms with Gasteiger partial charge in [-0.05, 0) is 40.8 Å². The van der Waals surface area contributed by atoms with Gasteiger partial charge in [0.15, 0.2) is 5.78 Å². The van der Waals surface area contributed by atoms with E-state index in [1.165, 1.54) is 0 Å². The number of carbonyl (C=O) groups excluding carboxylic acids is 1. The predicted octanol–water partition coefficient (Wildman–Crippen LogP) is 3.97. The quantitative estimate of drug-likeness (QED) is 0.541. The number of ketones is 1. The van der Waals surface area contributed by atoms with Crippen molar-refractivity contribution < 1.29 is 9.22 Å². The average molecular weight is 375 g/mol. The molecule has 138 valence electrons. The minimum Gasteiger partial charge on any atom is -0.400 e. The van der Waals surface area contributed by atoms with Crippen molar-refractivity contribution in [1.82, 2.24) is 0 Å². The minimum absolute atomic E-state index is 0.157. The van der Waals surface area contributed by atoms with Gasteiger partial charge in [-0.15, -0.1) is 6.58 Å². The van der Waals surface area contributed by atoms with E-state index in [0.29, 0.717) is 13.0 Å². The Morgan fingerprint density at radius 2 is 1.67 bits per heavy atom. The van der Waals surface area contributed by atoms with Gasteiger partial charge in [-0.2, -0.15) is 0 Å². The van der Waals surface area contributed by atoms with Gasteiger partial charge >= 0.3 is 0 Å². The highest BCUT2D eigenvalue weighted by molar-refractivity contribution is 7.01. The van der Waals surface area contributed by atoms with Gasteiger partial charge in [-0.25, -0.2) is 0 Å². The van der Waals surface area contributed by atoms with Crippen molar-refractivity contribution in [2.45, 2.75) is 19.8 Å². The molecule has 0 bridgehead atoms. The summed E-state index contributed by atoms with van der Waals surface area (Å²) < 4.78 is 6.62. The summed E-state index contributed by atoms with van der Waals surface area (Å²) in [5.74, 6) is 0.370. The summed E-state index contributed by atoms with van der Waals surface area (Å²) in [7, 11) is -2.58. The lowest BCUT2D eigenvalue weighted by atomic mass is 9.85. The monoisotopic (exact) mass is 374 g/mol. The number of benzene rings is 2. The molecule has 1 aliphatic carbocycles. The van der Waals surface area contributed by atoms with Crippen LogP contribution in [0.3, 0.4) is 0 Å². The molecule has 0 radical (unpaired) electrons. The van der Waals surface area contributed by atoms with Gasteiger partial charge in [-0.3, -0.25) is 4.79 Å². The van der Waals surface area contributed by atoms with E-state index in [2.05, 4.69) is 37.4 Å². The van der Waals surface area contributed by atoms with E-state index in [1.807, 2.05) is 55.1 Å². The fourth-order valence-electron chi connectivity index (χ4n) is 3.54. The normalized spacial score (nSPS) is 17.3. The summed E-state index contributed by atoms with van der Waals surface area (Å²) in [5, 5.41) is 2.32. The summed E-state index contributed by atoms with van der Waals surface area (Å²) in [6.07, 6.45) is 3.41. The third-order valence-electron chi connectivity index (χ3n) is 5.34. The van der Waals surface area contributed by atoms with Crippen molar-refractivity contribution in [2.75, 3.05) is 6.61 Å². The third-order valence-corrected chi connectivity index (χ3v) is 8.89. The molecule has 0 saturated carbocycles. The molecule has 27 heavy (non-hydrogen) atoms. The molecule has 3 rings (SSSR count). The van der Waals surface area contributed by atoms with Crippen LogP contribution in [0.4, 0.5) is 0 Å². The molecule has 2 nitrogen and oxygen atoms in total. The zero-order valence-electron chi connectivity index (χ0n) is 15.9. The molecule has 1 aliphatic rings. The van der Waals surface area contributed by atoms with Crippen LogP contribution >= 0.6 is 0 Å². The number of carbonyl (C=O) groups is 1. The molecular weight excluding hydrogens is 348 g/mol. The standard InChI is InChI=1S/C24H26O2Si/c1-4-27(22-11-7-5-8-12-22,23-13-9-6-10-14-23)26-18-20(3)21-16-15-19(2)24(25)17-21/h4-15,21H,1,3,16-18H2,2H3. The topological polar surface area (TPSA) is 26.3 Å². The van der Waals surface area contributed by atoms with Crippen molar-refractivity contribution in [1.29, 1.82) is 0 Å². The lowest BCUT2D eigenvalue weighted by Gasteiger charge is -2.31. The molecular formula is C24H26O2Si. The van der Waals surface area contributed by atoms with E-state index >= 15 is 0 Å². The van der Waals surface area contributed by atoms with Crippen LogP contribution in [-0.2, 0) is 9.22 Å². The molecule has 2 aromatic carbocycles. The van der Waals surface area contributed by atoms with E-state index in [0.717, 1.165) is 27.9 Å². The largest absolute Gasteiger partial charge is 0.400 e. The maximum absolute atomic E-state index is 12.1. The minimum atomic E-state index is -2.58. The van der Waals surface area contributed by atoms with Crippen molar-refractivity contribution in [3.63, 3.8) is 0 Å².